The fourth-order valence-corrected chi connectivity index (χ4v) is 3.45. The second kappa shape index (κ2) is 6.89. The first kappa shape index (κ1) is 16.5. The van der Waals surface area contributed by atoms with Crippen LogP contribution in [0.5, 0.6) is 0 Å². The number of thioether (sulfide) groups is 1. The van der Waals surface area contributed by atoms with Crippen molar-refractivity contribution in [2.75, 3.05) is 0 Å². The average molecular weight is 333 g/mol. The largest absolute Gasteiger partial charge is 0.480 e. The Hall–Kier alpha value is -1.92. The van der Waals surface area contributed by atoms with Crippen LogP contribution in [0.1, 0.15) is 19.4 Å². The maximum absolute atomic E-state index is 12.3. The molecular formula is C16H15NO3S2. The molecule has 2 rings (SSSR count). The first-order valence-corrected chi connectivity index (χ1v) is 7.86. The van der Waals surface area contributed by atoms with E-state index in [0.29, 0.717) is 4.91 Å². The van der Waals surface area contributed by atoms with Gasteiger partial charge in [-0.2, -0.15) is 0 Å². The van der Waals surface area contributed by atoms with E-state index in [-0.39, 0.29) is 10.2 Å². The van der Waals surface area contributed by atoms with Gasteiger partial charge in [0.15, 0.2) is 0 Å². The van der Waals surface area contributed by atoms with Gasteiger partial charge in [0.2, 0.25) is 0 Å². The normalized spacial score (nSPS) is 18.9. The van der Waals surface area contributed by atoms with Crippen LogP contribution in [0, 0.1) is 0 Å². The molecule has 1 aromatic carbocycles. The molecule has 1 fully saturated rings. The molecule has 22 heavy (non-hydrogen) atoms. The lowest BCUT2D eigenvalue weighted by molar-refractivity contribution is -0.144. The Kier molecular flexibility index (Phi) is 5.15. The number of nitrogens with zero attached hydrogens (tertiary/aromatic N) is 1. The molecule has 0 radical (unpaired) electrons. The number of hydrogen-bond acceptors (Lipinski definition) is 4. The zero-order valence-electron chi connectivity index (χ0n) is 12.1. The second-order valence-electron chi connectivity index (χ2n) is 4.86. The van der Waals surface area contributed by atoms with Gasteiger partial charge in [0.25, 0.3) is 5.91 Å². The summed E-state index contributed by atoms with van der Waals surface area (Å²) < 4.78 is 0.277. The topological polar surface area (TPSA) is 57.6 Å². The van der Waals surface area contributed by atoms with Crippen molar-refractivity contribution in [2.45, 2.75) is 19.9 Å². The van der Waals surface area contributed by atoms with E-state index >= 15 is 0 Å². The van der Waals surface area contributed by atoms with Gasteiger partial charge in [0.05, 0.1) is 4.91 Å². The second-order valence-corrected chi connectivity index (χ2v) is 6.54. The lowest BCUT2D eigenvalue weighted by Crippen LogP contribution is -2.41. The summed E-state index contributed by atoms with van der Waals surface area (Å²) in [7, 11) is 0. The number of amides is 1. The smallest absolute Gasteiger partial charge is 0.326 e. The van der Waals surface area contributed by atoms with Crippen LogP contribution in [0.4, 0.5) is 0 Å². The fourth-order valence-electron chi connectivity index (χ4n) is 1.98. The standard InChI is InChI=1S/C16H15NO3S2/c1-10(8-12-6-4-3-5-7-12)9-13-14(18)17(16(21)22-13)11(2)15(19)20/h3-9,11H,1-2H3,(H,19,20)/b10-8+,13-9+. The predicted octanol–water partition coefficient (Wildman–Crippen LogP) is 3.31. The Morgan fingerprint density at radius 2 is 2.00 bits per heavy atom. The molecular weight excluding hydrogens is 318 g/mol. The van der Waals surface area contributed by atoms with E-state index in [2.05, 4.69) is 0 Å². The zero-order valence-corrected chi connectivity index (χ0v) is 13.8. The fraction of sp³-hybridized carbons (Fsp3) is 0.188. The van der Waals surface area contributed by atoms with Crippen molar-refractivity contribution in [2.24, 2.45) is 0 Å². The molecule has 1 aliphatic rings. The van der Waals surface area contributed by atoms with Crippen molar-refractivity contribution in [1.82, 2.24) is 4.90 Å². The van der Waals surface area contributed by atoms with Crippen molar-refractivity contribution in [1.29, 1.82) is 0 Å². The van der Waals surface area contributed by atoms with E-state index in [1.807, 2.05) is 43.3 Å². The highest BCUT2D eigenvalue weighted by Gasteiger charge is 2.38. The molecule has 0 aliphatic carbocycles. The molecule has 1 aromatic rings. The van der Waals surface area contributed by atoms with Crippen LogP contribution < -0.4 is 0 Å². The van der Waals surface area contributed by atoms with Gasteiger partial charge >= 0.3 is 5.97 Å². The highest BCUT2D eigenvalue weighted by atomic mass is 32.2. The Morgan fingerprint density at radius 3 is 2.59 bits per heavy atom. The number of carboxylic acids is 1. The van der Waals surface area contributed by atoms with Crippen LogP contribution in [0.2, 0.25) is 0 Å². The molecule has 0 aromatic heterocycles. The molecule has 0 spiro atoms. The Bertz CT molecular complexity index is 680. The van der Waals surface area contributed by atoms with Gasteiger partial charge in [-0.05, 0) is 31.1 Å². The zero-order chi connectivity index (χ0) is 16.3. The van der Waals surface area contributed by atoms with Crippen LogP contribution in [-0.4, -0.2) is 32.2 Å². The number of benzene rings is 1. The van der Waals surface area contributed by atoms with Crippen molar-refractivity contribution in [3.63, 3.8) is 0 Å². The third kappa shape index (κ3) is 3.64. The number of thiocarbonyl (C=S) groups is 1. The highest BCUT2D eigenvalue weighted by molar-refractivity contribution is 8.26. The maximum Gasteiger partial charge on any atom is 0.326 e. The van der Waals surface area contributed by atoms with Gasteiger partial charge in [0, 0.05) is 0 Å². The Balaban J connectivity index is 2.23. The number of aliphatic carboxylic acids is 1. The van der Waals surface area contributed by atoms with Crippen LogP contribution in [0.3, 0.4) is 0 Å². The van der Waals surface area contributed by atoms with Gasteiger partial charge in [-0.1, -0.05) is 60.4 Å². The molecule has 1 saturated heterocycles. The van der Waals surface area contributed by atoms with Gasteiger partial charge in [-0.15, -0.1) is 0 Å². The van der Waals surface area contributed by atoms with E-state index in [9.17, 15) is 9.59 Å². The number of allylic oxidation sites excluding steroid dienone is 2. The minimum atomic E-state index is -1.07. The first-order valence-electron chi connectivity index (χ1n) is 6.63. The molecule has 6 heteroatoms. The van der Waals surface area contributed by atoms with Crippen molar-refractivity contribution >= 4 is 46.3 Å². The van der Waals surface area contributed by atoms with Crippen LogP contribution >= 0.6 is 24.0 Å². The summed E-state index contributed by atoms with van der Waals surface area (Å²) >= 11 is 6.25. The third-order valence-electron chi connectivity index (χ3n) is 3.12. The summed E-state index contributed by atoms with van der Waals surface area (Å²) in [5, 5.41) is 9.05. The number of hydrogen-bond donors (Lipinski definition) is 1. The van der Waals surface area contributed by atoms with E-state index in [1.165, 1.54) is 6.92 Å². The van der Waals surface area contributed by atoms with Crippen molar-refractivity contribution in [3.8, 4) is 0 Å². The molecule has 1 atom stereocenters. The number of rotatable bonds is 4. The Labute approximate surface area is 138 Å². The first-order chi connectivity index (χ1) is 10.4. The van der Waals surface area contributed by atoms with Crippen molar-refractivity contribution < 1.29 is 14.7 Å². The summed E-state index contributed by atoms with van der Waals surface area (Å²) in [6.07, 6.45) is 3.69. The quantitative estimate of drug-likeness (QED) is 0.677. The number of carboxylic acid groups (broad SMARTS) is 1. The number of carbonyl (C=O) groups excluding carboxylic acids is 1. The average Bonchev–Trinajstić information content (AvgIpc) is 2.73. The highest BCUT2D eigenvalue weighted by Crippen LogP contribution is 2.33. The lowest BCUT2D eigenvalue weighted by atomic mass is 10.1. The maximum atomic E-state index is 12.3. The summed E-state index contributed by atoms with van der Waals surface area (Å²) in [4.78, 5) is 25.0. The van der Waals surface area contributed by atoms with E-state index < -0.39 is 12.0 Å². The van der Waals surface area contributed by atoms with Gasteiger partial charge in [-0.25, -0.2) is 4.79 Å². The number of carbonyl (C=O) groups is 2. The summed E-state index contributed by atoms with van der Waals surface area (Å²) in [6.45, 7) is 3.34. The van der Waals surface area contributed by atoms with E-state index in [1.54, 1.807) is 6.08 Å². The lowest BCUT2D eigenvalue weighted by Gasteiger charge is -2.18. The molecule has 1 aliphatic heterocycles. The SMILES string of the molecule is CC(=C\c1ccccc1)/C=C1/SC(=S)N(C(C)C(=O)O)C1=O. The third-order valence-corrected chi connectivity index (χ3v) is 4.45. The molecule has 0 saturated carbocycles. The van der Waals surface area contributed by atoms with E-state index in [0.717, 1.165) is 27.8 Å². The summed E-state index contributed by atoms with van der Waals surface area (Å²) in [5.74, 6) is -1.43. The van der Waals surface area contributed by atoms with Gasteiger partial charge in [0.1, 0.15) is 10.4 Å². The molecule has 0 bridgehead atoms. The minimum Gasteiger partial charge on any atom is -0.480 e. The van der Waals surface area contributed by atoms with E-state index in [4.69, 9.17) is 17.3 Å². The summed E-state index contributed by atoms with van der Waals surface area (Å²) in [6, 6.07) is 8.78. The van der Waals surface area contributed by atoms with Gasteiger partial charge in [-0.3, -0.25) is 9.69 Å². The van der Waals surface area contributed by atoms with Crippen LogP contribution in [0.25, 0.3) is 6.08 Å². The molecule has 1 N–H and O–H groups in total. The molecule has 1 amide bonds. The molecule has 4 nitrogen and oxygen atoms in total. The molecule has 1 heterocycles. The molecule has 1 unspecified atom stereocenters. The molecule has 114 valence electrons. The van der Waals surface area contributed by atoms with Crippen LogP contribution in [-0.2, 0) is 9.59 Å². The van der Waals surface area contributed by atoms with Crippen molar-refractivity contribution in [3.05, 3.63) is 52.4 Å². The summed E-state index contributed by atoms with van der Waals surface area (Å²) in [5.41, 5.74) is 1.93. The Morgan fingerprint density at radius 1 is 1.36 bits per heavy atom. The monoisotopic (exact) mass is 333 g/mol. The minimum absolute atomic E-state index is 0.277. The van der Waals surface area contributed by atoms with Crippen LogP contribution in [0.15, 0.2) is 46.9 Å². The predicted molar refractivity (Wildman–Crippen MR) is 92.3 cm³/mol. The van der Waals surface area contributed by atoms with Gasteiger partial charge < -0.3 is 5.11 Å².